The Hall–Kier alpha value is -2.39. The van der Waals surface area contributed by atoms with E-state index in [0.717, 1.165) is 17.0 Å². The Balaban J connectivity index is 1.68. The molecule has 2 aromatic carbocycles. The molecule has 0 radical (unpaired) electrons. The minimum atomic E-state index is -0.144. The largest absolute Gasteiger partial charge is 0.309 e. The highest BCUT2D eigenvalue weighted by Gasteiger charge is 2.19. The number of nitrogens with zero attached hydrogens (tertiary/aromatic N) is 1. The number of hydrogen-bond donors (Lipinski definition) is 1. The third kappa shape index (κ3) is 3.62. The van der Waals surface area contributed by atoms with Crippen molar-refractivity contribution in [2.75, 3.05) is 0 Å². The van der Waals surface area contributed by atoms with Crippen LogP contribution in [0.1, 0.15) is 17.5 Å². The Morgan fingerprint density at radius 1 is 1.00 bits per heavy atom. The first-order valence-electron chi connectivity index (χ1n) is 7.11. The van der Waals surface area contributed by atoms with Crippen molar-refractivity contribution in [1.82, 2.24) is 5.32 Å². The number of rotatable bonds is 4. The number of aryl methyl sites for hydroxylation is 1. The summed E-state index contributed by atoms with van der Waals surface area (Å²) in [7, 11) is 0. The van der Waals surface area contributed by atoms with Crippen LogP contribution in [0.15, 0.2) is 65.3 Å². The molecule has 1 N–H and O–H groups in total. The molecule has 0 spiro atoms. The summed E-state index contributed by atoms with van der Waals surface area (Å²) < 4.78 is 0. The summed E-state index contributed by atoms with van der Waals surface area (Å²) in [5, 5.41) is 3.55. The second-order valence-electron chi connectivity index (χ2n) is 5.08. The average molecular weight is 311 g/mol. The van der Waals surface area contributed by atoms with Gasteiger partial charge in [-0.2, -0.15) is 0 Å². The maximum atomic E-state index is 11.9. The van der Waals surface area contributed by atoms with Crippen molar-refractivity contribution in [1.29, 1.82) is 0 Å². The third-order valence-electron chi connectivity index (χ3n) is 3.41. The molecule has 0 atom stereocenters. The number of hydrogen-bond acceptors (Lipinski definition) is 2. The van der Waals surface area contributed by atoms with Crippen molar-refractivity contribution in [2.45, 2.75) is 12.8 Å². The Morgan fingerprint density at radius 2 is 1.73 bits per heavy atom. The number of halogens is 1. The van der Waals surface area contributed by atoms with E-state index in [4.69, 9.17) is 11.6 Å². The summed E-state index contributed by atoms with van der Waals surface area (Å²) in [5.41, 5.74) is 2.59. The van der Waals surface area contributed by atoms with Crippen molar-refractivity contribution < 1.29 is 4.79 Å². The fourth-order valence-corrected chi connectivity index (χ4v) is 2.38. The molecule has 110 valence electrons. The first-order chi connectivity index (χ1) is 10.7. The van der Waals surface area contributed by atoms with Crippen LogP contribution in [-0.4, -0.2) is 11.7 Å². The number of amides is 1. The minimum absolute atomic E-state index is 0.144. The fraction of sp³-hybridized carbons (Fsp3) is 0.111. The van der Waals surface area contributed by atoms with Gasteiger partial charge in [-0.3, -0.25) is 4.79 Å². The molecule has 1 heterocycles. The molecular formula is C18H15ClN2O. The van der Waals surface area contributed by atoms with Gasteiger partial charge in [0.15, 0.2) is 0 Å². The predicted octanol–water partition coefficient (Wildman–Crippen LogP) is 3.84. The lowest BCUT2D eigenvalue weighted by Crippen LogP contribution is -2.24. The van der Waals surface area contributed by atoms with E-state index in [1.54, 1.807) is 6.08 Å². The second-order valence-corrected chi connectivity index (χ2v) is 5.52. The van der Waals surface area contributed by atoms with Gasteiger partial charge >= 0.3 is 0 Å². The highest BCUT2D eigenvalue weighted by molar-refractivity contribution is 6.30. The highest BCUT2D eigenvalue weighted by atomic mass is 35.5. The van der Waals surface area contributed by atoms with Gasteiger partial charge in [0.25, 0.3) is 5.91 Å². The Morgan fingerprint density at radius 3 is 2.45 bits per heavy atom. The molecule has 0 fully saturated rings. The van der Waals surface area contributed by atoms with Gasteiger partial charge in [-0.05, 0) is 35.8 Å². The van der Waals surface area contributed by atoms with Gasteiger partial charge in [0, 0.05) is 11.4 Å². The minimum Gasteiger partial charge on any atom is -0.309 e. The third-order valence-corrected chi connectivity index (χ3v) is 3.66. The van der Waals surface area contributed by atoms with Crippen LogP contribution in [0.25, 0.3) is 6.08 Å². The summed E-state index contributed by atoms with van der Waals surface area (Å²) in [6.07, 6.45) is 3.30. The maximum Gasteiger partial charge on any atom is 0.275 e. The van der Waals surface area contributed by atoms with Crippen LogP contribution in [0, 0.1) is 0 Å². The van der Waals surface area contributed by atoms with Gasteiger partial charge in [0.05, 0.1) is 0 Å². The molecule has 0 saturated heterocycles. The topological polar surface area (TPSA) is 41.5 Å². The number of carbonyl (C=O) groups is 1. The monoisotopic (exact) mass is 310 g/mol. The molecule has 22 heavy (non-hydrogen) atoms. The van der Waals surface area contributed by atoms with E-state index in [1.165, 1.54) is 5.56 Å². The summed E-state index contributed by atoms with van der Waals surface area (Å²) in [5.74, 6) is 0.567. The number of aliphatic imine (C=N–C) groups is 1. The summed E-state index contributed by atoms with van der Waals surface area (Å²) >= 11 is 5.87. The smallest absolute Gasteiger partial charge is 0.275 e. The normalized spacial score (nSPS) is 15.8. The zero-order valence-electron chi connectivity index (χ0n) is 11.9. The average Bonchev–Trinajstić information content (AvgIpc) is 2.88. The molecule has 3 rings (SSSR count). The van der Waals surface area contributed by atoms with Crippen LogP contribution < -0.4 is 5.32 Å². The van der Waals surface area contributed by atoms with Crippen LogP contribution in [0.4, 0.5) is 0 Å². The molecule has 1 aliphatic heterocycles. The van der Waals surface area contributed by atoms with Crippen LogP contribution >= 0.6 is 11.6 Å². The molecule has 0 saturated carbocycles. The molecule has 0 unspecified atom stereocenters. The van der Waals surface area contributed by atoms with E-state index < -0.39 is 0 Å². The molecule has 1 aliphatic rings. The van der Waals surface area contributed by atoms with Crippen molar-refractivity contribution in [3.63, 3.8) is 0 Å². The van der Waals surface area contributed by atoms with Crippen molar-refractivity contribution >= 4 is 29.4 Å². The maximum absolute atomic E-state index is 11.9. The molecular weight excluding hydrogens is 296 g/mol. The van der Waals surface area contributed by atoms with Crippen molar-refractivity contribution in [3.8, 4) is 0 Å². The van der Waals surface area contributed by atoms with Crippen LogP contribution in [0.5, 0.6) is 0 Å². The van der Waals surface area contributed by atoms with Crippen LogP contribution in [0.3, 0.4) is 0 Å². The zero-order valence-corrected chi connectivity index (χ0v) is 12.7. The van der Waals surface area contributed by atoms with E-state index in [1.807, 2.05) is 54.6 Å². The van der Waals surface area contributed by atoms with E-state index in [9.17, 15) is 4.79 Å². The summed E-state index contributed by atoms with van der Waals surface area (Å²) in [6, 6.07) is 17.4. The first kappa shape index (κ1) is 14.5. The van der Waals surface area contributed by atoms with Gasteiger partial charge in [0.2, 0.25) is 0 Å². The number of amidine groups is 1. The first-order valence-corrected chi connectivity index (χ1v) is 7.48. The standard InChI is InChI=1S/C18H15ClN2O/c19-15-9-6-13(7-10-15)8-11-17-20-16(18(22)21-17)12-14-4-2-1-3-5-14/h1-7,9-10,12H,8,11H2,(H,20,21,22)/b16-12+. The lowest BCUT2D eigenvalue weighted by atomic mass is 10.1. The van der Waals surface area contributed by atoms with E-state index in [-0.39, 0.29) is 5.91 Å². The number of carbonyl (C=O) groups excluding carboxylic acids is 1. The lowest BCUT2D eigenvalue weighted by Gasteiger charge is -2.01. The molecule has 3 nitrogen and oxygen atoms in total. The van der Waals surface area contributed by atoms with E-state index >= 15 is 0 Å². The second kappa shape index (κ2) is 6.58. The Kier molecular flexibility index (Phi) is 4.35. The van der Waals surface area contributed by atoms with Gasteiger partial charge in [-0.15, -0.1) is 0 Å². The SMILES string of the molecule is O=C1NC(CCc2ccc(Cl)cc2)=N/C1=C/c1ccccc1. The predicted molar refractivity (Wildman–Crippen MR) is 89.8 cm³/mol. The van der Waals surface area contributed by atoms with Gasteiger partial charge in [-0.1, -0.05) is 54.1 Å². The van der Waals surface area contributed by atoms with Crippen molar-refractivity contribution in [2.24, 2.45) is 4.99 Å². The molecule has 0 bridgehead atoms. The Labute approximate surface area is 134 Å². The number of benzene rings is 2. The quantitative estimate of drug-likeness (QED) is 0.856. The van der Waals surface area contributed by atoms with Crippen LogP contribution in [-0.2, 0) is 11.2 Å². The molecule has 4 heteroatoms. The van der Waals surface area contributed by atoms with Crippen LogP contribution in [0.2, 0.25) is 5.02 Å². The number of nitrogens with one attached hydrogen (secondary N) is 1. The van der Waals surface area contributed by atoms with Crippen molar-refractivity contribution in [3.05, 3.63) is 76.4 Å². The zero-order chi connectivity index (χ0) is 15.4. The fourth-order valence-electron chi connectivity index (χ4n) is 2.26. The van der Waals surface area contributed by atoms with Gasteiger partial charge < -0.3 is 5.32 Å². The Bertz CT molecular complexity index is 733. The molecule has 2 aromatic rings. The van der Waals surface area contributed by atoms with Gasteiger partial charge in [-0.25, -0.2) is 4.99 Å². The molecule has 0 aliphatic carbocycles. The molecule has 1 amide bonds. The van der Waals surface area contributed by atoms with E-state index in [0.29, 0.717) is 18.0 Å². The van der Waals surface area contributed by atoms with Gasteiger partial charge in [0.1, 0.15) is 11.5 Å². The summed E-state index contributed by atoms with van der Waals surface area (Å²) in [4.78, 5) is 16.3. The summed E-state index contributed by atoms with van der Waals surface area (Å²) in [6.45, 7) is 0. The molecule has 0 aromatic heterocycles. The lowest BCUT2D eigenvalue weighted by molar-refractivity contribution is -0.115. The highest BCUT2D eigenvalue weighted by Crippen LogP contribution is 2.15. The van der Waals surface area contributed by atoms with E-state index in [2.05, 4.69) is 10.3 Å².